The molecule has 1 aliphatic heterocycles. The second kappa shape index (κ2) is 7.93. The van der Waals surface area contributed by atoms with Crippen molar-refractivity contribution in [3.05, 3.63) is 71.3 Å². The second-order valence-electron chi connectivity index (χ2n) is 6.59. The van der Waals surface area contributed by atoms with Crippen LogP contribution in [0, 0.1) is 11.6 Å². The summed E-state index contributed by atoms with van der Waals surface area (Å²) in [4.78, 5) is 16.5. The fourth-order valence-corrected chi connectivity index (χ4v) is 3.37. The summed E-state index contributed by atoms with van der Waals surface area (Å²) in [6.45, 7) is 4.19. The molecule has 2 aromatic rings. The van der Waals surface area contributed by atoms with Crippen LogP contribution in [0.25, 0.3) is 0 Å². The number of benzene rings is 2. The van der Waals surface area contributed by atoms with Gasteiger partial charge in [-0.25, -0.2) is 8.78 Å². The number of amides is 1. The van der Waals surface area contributed by atoms with Crippen LogP contribution < -0.4 is 5.73 Å². The van der Waals surface area contributed by atoms with E-state index in [2.05, 4.69) is 4.90 Å². The molecule has 2 aromatic carbocycles. The largest absolute Gasteiger partial charge is 0.338 e. The molecule has 0 bridgehead atoms. The van der Waals surface area contributed by atoms with Crippen molar-refractivity contribution in [3.63, 3.8) is 0 Å². The molecule has 2 unspecified atom stereocenters. The van der Waals surface area contributed by atoms with E-state index in [1.807, 2.05) is 37.3 Å². The van der Waals surface area contributed by atoms with E-state index in [0.717, 1.165) is 11.6 Å². The van der Waals surface area contributed by atoms with Crippen LogP contribution >= 0.6 is 0 Å². The molecular formula is C20H23F2N3O. The van der Waals surface area contributed by atoms with Gasteiger partial charge in [-0.1, -0.05) is 36.4 Å². The van der Waals surface area contributed by atoms with Crippen LogP contribution in [-0.2, 0) is 4.79 Å². The lowest BCUT2D eigenvalue weighted by Crippen LogP contribution is -2.51. The Bertz CT molecular complexity index is 761. The maximum atomic E-state index is 14.0. The number of nitrogens with two attached hydrogens (primary N) is 1. The quantitative estimate of drug-likeness (QED) is 0.913. The number of hydrogen-bond acceptors (Lipinski definition) is 3. The Morgan fingerprint density at radius 1 is 1.04 bits per heavy atom. The predicted molar refractivity (Wildman–Crippen MR) is 96.3 cm³/mol. The zero-order chi connectivity index (χ0) is 18.7. The fourth-order valence-electron chi connectivity index (χ4n) is 3.37. The summed E-state index contributed by atoms with van der Waals surface area (Å²) in [6, 6.07) is 12.1. The van der Waals surface area contributed by atoms with Gasteiger partial charge >= 0.3 is 0 Å². The first-order chi connectivity index (χ1) is 12.5. The minimum absolute atomic E-state index is 0.100. The van der Waals surface area contributed by atoms with Crippen LogP contribution in [0.5, 0.6) is 0 Å². The van der Waals surface area contributed by atoms with Crippen LogP contribution in [0.4, 0.5) is 8.78 Å². The molecule has 4 nitrogen and oxygen atoms in total. The Morgan fingerprint density at radius 3 is 2.31 bits per heavy atom. The molecule has 0 radical (unpaired) electrons. The monoisotopic (exact) mass is 359 g/mol. The highest BCUT2D eigenvalue weighted by Crippen LogP contribution is 2.25. The summed E-state index contributed by atoms with van der Waals surface area (Å²) in [5.74, 6) is -1.22. The maximum Gasteiger partial charge on any atom is 0.244 e. The highest BCUT2D eigenvalue weighted by Gasteiger charge is 2.28. The zero-order valence-electron chi connectivity index (χ0n) is 14.7. The van der Waals surface area contributed by atoms with Crippen molar-refractivity contribution in [1.29, 1.82) is 0 Å². The Kier molecular flexibility index (Phi) is 5.64. The highest BCUT2D eigenvalue weighted by molar-refractivity contribution is 5.83. The summed E-state index contributed by atoms with van der Waals surface area (Å²) >= 11 is 0. The van der Waals surface area contributed by atoms with Crippen molar-refractivity contribution in [2.75, 3.05) is 26.2 Å². The molecule has 6 heteroatoms. The summed E-state index contributed by atoms with van der Waals surface area (Å²) in [7, 11) is 0. The highest BCUT2D eigenvalue weighted by atomic mass is 19.1. The first-order valence-corrected chi connectivity index (χ1v) is 8.75. The summed E-state index contributed by atoms with van der Waals surface area (Å²) in [6.07, 6.45) is 0. The Hall–Kier alpha value is -2.31. The molecule has 3 rings (SSSR count). The van der Waals surface area contributed by atoms with Gasteiger partial charge in [0, 0.05) is 43.9 Å². The van der Waals surface area contributed by atoms with Crippen molar-refractivity contribution < 1.29 is 13.6 Å². The average Bonchev–Trinajstić information content (AvgIpc) is 2.67. The number of nitrogens with zero attached hydrogens (tertiary/aromatic N) is 2. The third kappa shape index (κ3) is 3.92. The Balaban J connectivity index is 1.61. The molecule has 1 fully saturated rings. The van der Waals surface area contributed by atoms with Gasteiger partial charge in [0.2, 0.25) is 5.91 Å². The van der Waals surface area contributed by atoms with Gasteiger partial charge in [0.25, 0.3) is 0 Å². The van der Waals surface area contributed by atoms with Crippen molar-refractivity contribution in [2.24, 2.45) is 5.73 Å². The predicted octanol–water partition coefficient (Wildman–Crippen LogP) is 2.87. The molecule has 1 heterocycles. The molecule has 0 saturated carbocycles. The lowest BCUT2D eigenvalue weighted by molar-refractivity contribution is -0.134. The average molecular weight is 359 g/mol. The topological polar surface area (TPSA) is 49.6 Å². The number of rotatable bonds is 4. The number of piperazine rings is 1. The molecule has 1 saturated heterocycles. The first-order valence-electron chi connectivity index (χ1n) is 8.75. The van der Waals surface area contributed by atoms with Crippen LogP contribution in [0.2, 0.25) is 0 Å². The number of hydrogen-bond donors (Lipinski definition) is 1. The van der Waals surface area contributed by atoms with Gasteiger partial charge in [-0.05, 0) is 18.6 Å². The molecule has 2 N–H and O–H groups in total. The van der Waals surface area contributed by atoms with E-state index in [0.29, 0.717) is 31.7 Å². The summed E-state index contributed by atoms with van der Waals surface area (Å²) < 4.78 is 27.1. The SMILES string of the molecule is CC(c1ccc(F)cc1F)N1CCN(C(=O)C(N)c2ccccc2)CC1. The van der Waals surface area contributed by atoms with Crippen LogP contribution in [0.15, 0.2) is 48.5 Å². The number of carbonyl (C=O) groups excluding carboxylic acids is 1. The third-order valence-corrected chi connectivity index (χ3v) is 5.01. The molecule has 1 amide bonds. The third-order valence-electron chi connectivity index (χ3n) is 5.01. The second-order valence-corrected chi connectivity index (χ2v) is 6.59. The van der Waals surface area contributed by atoms with E-state index in [-0.39, 0.29) is 11.9 Å². The van der Waals surface area contributed by atoms with E-state index in [4.69, 9.17) is 5.73 Å². The lowest BCUT2D eigenvalue weighted by Gasteiger charge is -2.39. The molecule has 138 valence electrons. The molecule has 0 spiro atoms. The van der Waals surface area contributed by atoms with Gasteiger partial charge in [-0.3, -0.25) is 9.69 Å². The standard InChI is InChI=1S/C20H23F2N3O/c1-14(17-8-7-16(21)13-18(17)22)24-9-11-25(12-10-24)20(26)19(23)15-5-3-2-4-6-15/h2-8,13-14,19H,9-12,23H2,1H3. The van der Waals surface area contributed by atoms with Gasteiger partial charge in [-0.2, -0.15) is 0 Å². The van der Waals surface area contributed by atoms with Crippen molar-refractivity contribution in [1.82, 2.24) is 9.80 Å². The van der Waals surface area contributed by atoms with E-state index in [9.17, 15) is 13.6 Å². The molecule has 2 atom stereocenters. The minimum Gasteiger partial charge on any atom is -0.338 e. The molecular weight excluding hydrogens is 336 g/mol. The minimum atomic E-state index is -0.672. The molecule has 0 aliphatic carbocycles. The normalized spacial score (nSPS) is 17.8. The van der Waals surface area contributed by atoms with Crippen molar-refractivity contribution in [2.45, 2.75) is 19.0 Å². The van der Waals surface area contributed by atoms with Crippen molar-refractivity contribution >= 4 is 5.91 Å². The zero-order valence-corrected chi connectivity index (χ0v) is 14.7. The van der Waals surface area contributed by atoms with Gasteiger partial charge in [0.1, 0.15) is 17.7 Å². The molecule has 0 aromatic heterocycles. The Morgan fingerprint density at radius 2 is 1.69 bits per heavy atom. The van der Waals surface area contributed by atoms with Crippen LogP contribution in [-0.4, -0.2) is 41.9 Å². The smallest absolute Gasteiger partial charge is 0.244 e. The number of carbonyl (C=O) groups is 1. The number of halogens is 2. The fraction of sp³-hybridized carbons (Fsp3) is 0.350. The van der Waals surface area contributed by atoms with E-state index >= 15 is 0 Å². The van der Waals surface area contributed by atoms with E-state index < -0.39 is 17.7 Å². The van der Waals surface area contributed by atoms with Gasteiger partial charge < -0.3 is 10.6 Å². The van der Waals surface area contributed by atoms with Crippen molar-refractivity contribution in [3.8, 4) is 0 Å². The van der Waals surface area contributed by atoms with Crippen LogP contribution in [0.3, 0.4) is 0 Å². The van der Waals surface area contributed by atoms with Gasteiger partial charge in [0.15, 0.2) is 0 Å². The van der Waals surface area contributed by atoms with E-state index in [1.54, 1.807) is 4.90 Å². The first kappa shape index (κ1) is 18.5. The van der Waals surface area contributed by atoms with Gasteiger partial charge in [0.05, 0.1) is 0 Å². The molecule has 26 heavy (non-hydrogen) atoms. The summed E-state index contributed by atoms with van der Waals surface area (Å²) in [5.41, 5.74) is 7.36. The van der Waals surface area contributed by atoms with Crippen LogP contribution in [0.1, 0.15) is 30.1 Å². The molecule has 1 aliphatic rings. The van der Waals surface area contributed by atoms with Gasteiger partial charge in [-0.15, -0.1) is 0 Å². The summed E-state index contributed by atoms with van der Waals surface area (Å²) in [5, 5.41) is 0. The maximum absolute atomic E-state index is 14.0. The Labute approximate surface area is 152 Å². The van der Waals surface area contributed by atoms with E-state index in [1.165, 1.54) is 12.1 Å². The lowest BCUT2D eigenvalue weighted by atomic mass is 10.0.